The molecule has 2 saturated heterocycles. The van der Waals surface area contributed by atoms with Crippen molar-refractivity contribution >= 4 is 5.91 Å². The zero-order valence-corrected chi connectivity index (χ0v) is 17.2. The van der Waals surface area contributed by atoms with Crippen molar-refractivity contribution in [1.82, 2.24) is 9.88 Å². The summed E-state index contributed by atoms with van der Waals surface area (Å²) in [5.41, 5.74) is 1.67. The van der Waals surface area contributed by atoms with E-state index < -0.39 is 0 Å². The lowest BCUT2D eigenvalue weighted by atomic mass is 9.67. The van der Waals surface area contributed by atoms with E-state index in [0.29, 0.717) is 24.0 Å². The summed E-state index contributed by atoms with van der Waals surface area (Å²) in [6, 6.07) is 10.3. The van der Waals surface area contributed by atoms with Crippen LogP contribution in [0.1, 0.15) is 55.1 Å². The first-order chi connectivity index (χ1) is 14.0. The minimum absolute atomic E-state index is 0.0123. The van der Waals surface area contributed by atoms with Crippen molar-refractivity contribution in [3.05, 3.63) is 65.7 Å². The molecule has 4 rings (SSSR count). The number of ether oxygens (including phenoxy) is 1. The van der Waals surface area contributed by atoms with Gasteiger partial charge in [-0.15, -0.1) is 0 Å². The van der Waals surface area contributed by atoms with Crippen LogP contribution in [-0.2, 0) is 4.74 Å². The standard InChI is InChI=1S/C24H29FN2O2/c1-17(2)21-13-24(16-29-22(21)18-6-8-20(25)9-7-18)10-4-12-27(15-24)23(28)19-5-3-11-26-14-19/h3,5-9,11,14,17,21-22H,4,10,12-13,15-16H2,1-2H3/t21-,22-,24+/m0/s1. The fraction of sp³-hybridized carbons (Fsp3) is 0.500. The van der Waals surface area contributed by atoms with Crippen LogP contribution >= 0.6 is 0 Å². The largest absolute Gasteiger partial charge is 0.373 e. The SMILES string of the molecule is CC(C)[C@@H]1C[C@@]2(CCCN(C(=O)c3cccnc3)C2)CO[C@H]1c1ccc(F)cc1. The number of nitrogens with zero attached hydrogens (tertiary/aromatic N) is 2. The number of aromatic nitrogens is 1. The highest BCUT2D eigenvalue weighted by atomic mass is 19.1. The lowest BCUT2D eigenvalue weighted by Crippen LogP contribution is -2.52. The van der Waals surface area contributed by atoms with Gasteiger partial charge >= 0.3 is 0 Å². The normalized spacial score (nSPS) is 27.4. The van der Waals surface area contributed by atoms with Crippen molar-refractivity contribution in [3.8, 4) is 0 Å². The van der Waals surface area contributed by atoms with Gasteiger partial charge in [-0.25, -0.2) is 4.39 Å². The average Bonchev–Trinajstić information content (AvgIpc) is 2.74. The molecule has 0 aliphatic carbocycles. The quantitative estimate of drug-likeness (QED) is 0.743. The van der Waals surface area contributed by atoms with Gasteiger partial charge in [0.1, 0.15) is 5.82 Å². The van der Waals surface area contributed by atoms with E-state index in [9.17, 15) is 9.18 Å². The van der Waals surface area contributed by atoms with E-state index in [2.05, 4.69) is 18.8 Å². The van der Waals surface area contributed by atoms with Crippen molar-refractivity contribution in [2.75, 3.05) is 19.7 Å². The van der Waals surface area contributed by atoms with Crippen LogP contribution in [0.2, 0.25) is 0 Å². The second-order valence-corrected chi connectivity index (χ2v) is 8.97. The Morgan fingerprint density at radius 1 is 1.28 bits per heavy atom. The maximum Gasteiger partial charge on any atom is 0.255 e. The van der Waals surface area contributed by atoms with Crippen molar-refractivity contribution < 1.29 is 13.9 Å². The van der Waals surface area contributed by atoms with E-state index in [1.54, 1.807) is 18.5 Å². The molecule has 0 saturated carbocycles. The molecule has 2 aromatic rings. The van der Waals surface area contributed by atoms with Crippen molar-refractivity contribution in [2.24, 2.45) is 17.3 Å². The molecule has 4 nitrogen and oxygen atoms in total. The van der Waals surface area contributed by atoms with E-state index in [4.69, 9.17) is 4.74 Å². The Hall–Kier alpha value is -2.27. The number of carbonyl (C=O) groups excluding carboxylic acids is 1. The molecule has 0 unspecified atom stereocenters. The van der Waals surface area contributed by atoms with Gasteiger partial charge in [0.2, 0.25) is 0 Å². The maximum absolute atomic E-state index is 13.4. The summed E-state index contributed by atoms with van der Waals surface area (Å²) in [5, 5.41) is 0. The zero-order chi connectivity index (χ0) is 20.4. The first-order valence-electron chi connectivity index (χ1n) is 10.5. The number of piperidine rings is 1. The third kappa shape index (κ3) is 4.20. The topological polar surface area (TPSA) is 42.4 Å². The third-order valence-electron chi connectivity index (χ3n) is 6.54. The van der Waals surface area contributed by atoms with Gasteiger partial charge in [0.25, 0.3) is 5.91 Å². The molecule has 0 N–H and O–H groups in total. The number of hydrogen-bond donors (Lipinski definition) is 0. The molecule has 3 heterocycles. The minimum atomic E-state index is -0.223. The van der Waals surface area contributed by atoms with Gasteiger partial charge < -0.3 is 9.64 Å². The summed E-state index contributed by atoms with van der Waals surface area (Å²) in [6.07, 6.45) is 6.38. The first-order valence-corrected chi connectivity index (χ1v) is 10.5. The molecule has 3 atom stereocenters. The number of hydrogen-bond acceptors (Lipinski definition) is 3. The van der Waals surface area contributed by atoms with Crippen molar-refractivity contribution in [2.45, 2.75) is 39.2 Å². The molecule has 154 valence electrons. The van der Waals surface area contributed by atoms with Crippen LogP contribution in [0.5, 0.6) is 0 Å². The van der Waals surface area contributed by atoms with Gasteiger partial charge in [-0.2, -0.15) is 0 Å². The number of benzene rings is 1. The Morgan fingerprint density at radius 2 is 2.07 bits per heavy atom. The number of carbonyl (C=O) groups is 1. The molecule has 29 heavy (non-hydrogen) atoms. The lowest BCUT2D eigenvalue weighted by Gasteiger charge is -2.50. The summed E-state index contributed by atoms with van der Waals surface area (Å²) < 4.78 is 19.8. The molecule has 0 bridgehead atoms. The zero-order valence-electron chi connectivity index (χ0n) is 17.2. The number of pyridine rings is 1. The van der Waals surface area contributed by atoms with Gasteiger partial charge in [-0.1, -0.05) is 26.0 Å². The lowest BCUT2D eigenvalue weighted by molar-refractivity contribution is -0.130. The second kappa shape index (κ2) is 8.23. The van der Waals surface area contributed by atoms with Crippen LogP contribution in [-0.4, -0.2) is 35.5 Å². The fourth-order valence-electron chi connectivity index (χ4n) is 4.97. The number of rotatable bonds is 3. The van der Waals surface area contributed by atoms with E-state index in [1.807, 2.05) is 23.1 Å². The highest BCUT2D eigenvalue weighted by molar-refractivity contribution is 5.94. The minimum Gasteiger partial charge on any atom is -0.373 e. The second-order valence-electron chi connectivity index (χ2n) is 8.97. The summed E-state index contributed by atoms with van der Waals surface area (Å²) in [5.74, 6) is 0.604. The molecule has 5 heteroatoms. The Balaban J connectivity index is 1.52. The van der Waals surface area contributed by atoms with Gasteiger partial charge in [0.15, 0.2) is 0 Å². The summed E-state index contributed by atoms with van der Waals surface area (Å²) in [6.45, 7) is 6.59. The molecule has 2 aliphatic heterocycles. The van der Waals surface area contributed by atoms with Crippen LogP contribution in [0.4, 0.5) is 4.39 Å². The molecule has 1 spiro atoms. The van der Waals surface area contributed by atoms with E-state index >= 15 is 0 Å². The monoisotopic (exact) mass is 396 g/mol. The van der Waals surface area contributed by atoms with Gasteiger partial charge in [0.05, 0.1) is 18.3 Å². The first kappa shape index (κ1) is 20.0. The molecule has 1 aromatic heterocycles. The van der Waals surface area contributed by atoms with Crippen molar-refractivity contribution in [3.63, 3.8) is 0 Å². The highest BCUT2D eigenvalue weighted by Crippen LogP contribution is 2.49. The van der Waals surface area contributed by atoms with Gasteiger partial charge in [-0.3, -0.25) is 9.78 Å². The molecule has 1 amide bonds. The molecule has 1 aromatic carbocycles. The smallest absolute Gasteiger partial charge is 0.255 e. The van der Waals surface area contributed by atoms with E-state index in [-0.39, 0.29) is 23.2 Å². The third-order valence-corrected chi connectivity index (χ3v) is 6.54. The number of amides is 1. The fourth-order valence-corrected chi connectivity index (χ4v) is 4.97. The molecular weight excluding hydrogens is 367 g/mol. The molecule has 0 radical (unpaired) electrons. The Morgan fingerprint density at radius 3 is 2.76 bits per heavy atom. The van der Waals surface area contributed by atoms with E-state index in [1.165, 1.54) is 12.1 Å². The number of halogens is 1. The number of likely N-dealkylation sites (tertiary alicyclic amines) is 1. The predicted molar refractivity (Wildman–Crippen MR) is 110 cm³/mol. The van der Waals surface area contributed by atoms with Crippen LogP contribution in [0.25, 0.3) is 0 Å². The van der Waals surface area contributed by atoms with Crippen LogP contribution in [0.3, 0.4) is 0 Å². The highest BCUT2D eigenvalue weighted by Gasteiger charge is 2.46. The van der Waals surface area contributed by atoms with Crippen LogP contribution in [0.15, 0.2) is 48.8 Å². The molecule has 2 aliphatic rings. The van der Waals surface area contributed by atoms with Crippen molar-refractivity contribution in [1.29, 1.82) is 0 Å². The summed E-state index contributed by atoms with van der Waals surface area (Å²) in [7, 11) is 0. The predicted octanol–water partition coefficient (Wildman–Crippen LogP) is 4.88. The summed E-state index contributed by atoms with van der Waals surface area (Å²) >= 11 is 0. The van der Waals surface area contributed by atoms with Gasteiger partial charge in [-0.05, 0) is 60.9 Å². The average molecular weight is 397 g/mol. The molecule has 2 fully saturated rings. The maximum atomic E-state index is 13.4. The van der Waals surface area contributed by atoms with Gasteiger partial charge in [0, 0.05) is 30.9 Å². The van der Waals surface area contributed by atoms with E-state index in [0.717, 1.165) is 37.9 Å². The van der Waals surface area contributed by atoms with Crippen LogP contribution < -0.4 is 0 Å². The Bertz CT molecular complexity index is 840. The summed E-state index contributed by atoms with van der Waals surface area (Å²) in [4.78, 5) is 19.0. The molecular formula is C24H29FN2O2. The van der Waals surface area contributed by atoms with Crippen LogP contribution in [0, 0.1) is 23.1 Å². The Kier molecular flexibility index (Phi) is 5.68. The Labute approximate surface area is 172 Å².